The normalized spacial score (nSPS) is 14.0. The van der Waals surface area contributed by atoms with Gasteiger partial charge in [-0.05, 0) is 65.2 Å². The molecule has 3 heterocycles. The maximum absolute atomic E-state index is 13.2. The van der Waals surface area contributed by atoms with E-state index in [1.807, 2.05) is 37.6 Å². The first-order valence-corrected chi connectivity index (χ1v) is 10.1. The number of aromatic nitrogens is 4. The second-order valence-electron chi connectivity index (χ2n) is 8.32. The van der Waals surface area contributed by atoms with E-state index in [-0.39, 0.29) is 24.1 Å². The van der Waals surface area contributed by atoms with Gasteiger partial charge in [-0.2, -0.15) is 5.10 Å². The Labute approximate surface area is 169 Å². The minimum atomic E-state index is -0.204. The summed E-state index contributed by atoms with van der Waals surface area (Å²) in [5, 5.41) is 8.35. The summed E-state index contributed by atoms with van der Waals surface area (Å²) in [7, 11) is 0. The monoisotopic (exact) mass is 393 g/mol. The van der Waals surface area contributed by atoms with Crippen molar-refractivity contribution in [2.75, 3.05) is 0 Å². The number of nitrogens with one attached hydrogen (secondary N) is 2. The second-order valence-corrected chi connectivity index (χ2v) is 8.32. The zero-order valence-corrected chi connectivity index (χ0v) is 17.6. The van der Waals surface area contributed by atoms with Gasteiger partial charge in [0.1, 0.15) is 0 Å². The maximum atomic E-state index is 13.2. The number of pyridine rings is 2. The fraction of sp³-hybridized carbons (Fsp3) is 0.455. The number of fused-ring (bicyclic) bond motifs is 1. The molecule has 0 aromatic carbocycles. The Kier molecular flexibility index (Phi) is 4.76. The van der Waals surface area contributed by atoms with Crippen LogP contribution in [0.1, 0.15) is 77.2 Å². The molecule has 0 radical (unpaired) electrons. The van der Waals surface area contributed by atoms with Crippen LogP contribution < -0.4 is 10.9 Å². The van der Waals surface area contributed by atoms with Gasteiger partial charge in [0.15, 0.2) is 5.65 Å². The molecule has 7 heteroatoms. The number of carbonyl (C=O) groups excluding carboxylic acids is 1. The number of rotatable bonds is 5. The van der Waals surface area contributed by atoms with Crippen molar-refractivity contribution in [3.05, 3.63) is 56.3 Å². The third-order valence-corrected chi connectivity index (χ3v) is 5.51. The first-order valence-electron chi connectivity index (χ1n) is 10.1. The summed E-state index contributed by atoms with van der Waals surface area (Å²) in [6, 6.07) is 3.97. The summed E-state index contributed by atoms with van der Waals surface area (Å²) in [5.74, 6) is 0.217. The Bertz CT molecular complexity index is 1170. The molecule has 2 N–H and O–H groups in total. The molecule has 1 aliphatic carbocycles. The van der Waals surface area contributed by atoms with Crippen molar-refractivity contribution in [3.63, 3.8) is 0 Å². The summed E-state index contributed by atoms with van der Waals surface area (Å²) < 4.78 is 1.89. The molecular formula is C22H27N5O2. The van der Waals surface area contributed by atoms with Gasteiger partial charge in [0, 0.05) is 35.5 Å². The summed E-state index contributed by atoms with van der Waals surface area (Å²) in [4.78, 5) is 33.1. The number of amides is 1. The predicted molar refractivity (Wildman–Crippen MR) is 112 cm³/mol. The summed E-state index contributed by atoms with van der Waals surface area (Å²) >= 11 is 0. The van der Waals surface area contributed by atoms with Crippen LogP contribution in [0.4, 0.5) is 0 Å². The highest BCUT2D eigenvalue weighted by Gasteiger charge is 2.29. The number of hydrogen-bond acceptors (Lipinski definition) is 4. The van der Waals surface area contributed by atoms with Gasteiger partial charge in [-0.1, -0.05) is 0 Å². The molecule has 1 amide bonds. The molecule has 1 aliphatic rings. The average molecular weight is 393 g/mol. The van der Waals surface area contributed by atoms with E-state index in [2.05, 4.69) is 29.2 Å². The van der Waals surface area contributed by atoms with Crippen molar-refractivity contribution in [1.82, 2.24) is 25.1 Å². The van der Waals surface area contributed by atoms with Gasteiger partial charge in [0.25, 0.3) is 11.5 Å². The molecule has 4 rings (SSSR count). The van der Waals surface area contributed by atoms with E-state index < -0.39 is 0 Å². The van der Waals surface area contributed by atoms with Gasteiger partial charge >= 0.3 is 0 Å². The Morgan fingerprint density at radius 2 is 2.00 bits per heavy atom. The Morgan fingerprint density at radius 1 is 1.28 bits per heavy atom. The summed E-state index contributed by atoms with van der Waals surface area (Å²) in [6.45, 7) is 9.94. The van der Waals surface area contributed by atoms with Gasteiger partial charge in [-0.15, -0.1) is 0 Å². The van der Waals surface area contributed by atoms with Gasteiger partial charge < -0.3 is 10.3 Å². The lowest BCUT2D eigenvalue weighted by Gasteiger charge is -2.11. The van der Waals surface area contributed by atoms with Gasteiger partial charge in [0.05, 0.1) is 16.6 Å². The van der Waals surface area contributed by atoms with Crippen molar-refractivity contribution in [2.24, 2.45) is 0 Å². The third-order valence-electron chi connectivity index (χ3n) is 5.51. The van der Waals surface area contributed by atoms with Crippen LogP contribution in [-0.4, -0.2) is 25.7 Å². The first-order chi connectivity index (χ1) is 13.8. The summed E-state index contributed by atoms with van der Waals surface area (Å²) in [6.07, 6.45) is 2.21. The topological polar surface area (TPSA) is 92.7 Å². The molecular weight excluding hydrogens is 366 g/mol. The average Bonchev–Trinajstić information content (AvgIpc) is 3.44. The van der Waals surface area contributed by atoms with E-state index >= 15 is 0 Å². The molecule has 1 saturated carbocycles. The van der Waals surface area contributed by atoms with Crippen molar-refractivity contribution in [2.45, 2.75) is 66.0 Å². The number of carbonyl (C=O) groups is 1. The van der Waals surface area contributed by atoms with Crippen molar-refractivity contribution in [3.8, 4) is 0 Å². The lowest BCUT2D eigenvalue weighted by atomic mass is 10.1. The van der Waals surface area contributed by atoms with Crippen molar-refractivity contribution in [1.29, 1.82) is 0 Å². The maximum Gasteiger partial charge on any atom is 0.253 e. The van der Waals surface area contributed by atoms with E-state index in [9.17, 15) is 9.59 Å². The van der Waals surface area contributed by atoms with E-state index in [1.54, 1.807) is 0 Å². The summed E-state index contributed by atoms with van der Waals surface area (Å²) in [5.41, 5.74) is 5.18. The van der Waals surface area contributed by atoms with Crippen LogP contribution in [0.15, 0.2) is 16.9 Å². The first kappa shape index (κ1) is 19.4. The Morgan fingerprint density at radius 3 is 2.62 bits per heavy atom. The SMILES string of the molecule is Cc1cc(C)c(CNC(=O)c2cc(C3CC3)nc3c2c(C)nn3C(C)C)c(=O)[nH]1. The molecule has 152 valence electrons. The van der Waals surface area contributed by atoms with Crippen LogP contribution in [0.5, 0.6) is 0 Å². The van der Waals surface area contributed by atoms with E-state index in [0.717, 1.165) is 46.5 Å². The fourth-order valence-electron chi connectivity index (χ4n) is 3.82. The molecule has 29 heavy (non-hydrogen) atoms. The van der Waals surface area contributed by atoms with Crippen LogP contribution in [0, 0.1) is 20.8 Å². The van der Waals surface area contributed by atoms with E-state index in [1.165, 1.54) is 0 Å². The lowest BCUT2D eigenvalue weighted by Crippen LogP contribution is -2.28. The standard InChI is InChI=1S/C22H27N5O2/c1-11(2)27-20-19(14(5)26-27)16(9-18(25-20)15-6-7-15)21(28)23-10-17-12(3)8-13(4)24-22(17)29/h8-9,11,15H,6-7,10H2,1-5H3,(H,23,28)(H,24,29). The van der Waals surface area contributed by atoms with Crippen LogP contribution in [0.3, 0.4) is 0 Å². The third kappa shape index (κ3) is 3.57. The largest absolute Gasteiger partial charge is 0.348 e. The molecule has 3 aromatic heterocycles. The minimum Gasteiger partial charge on any atom is -0.348 e. The molecule has 0 unspecified atom stereocenters. The van der Waals surface area contributed by atoms with Crippen LogP contribution in [0.2, 0.25) is 0 Å². The molecule has 0 spiro atoms. The smallest absolute Gasteiger partial charge is 0.253 e. The Hall–Kier alpha value is -2.96. The highest BCUT2D eigenvalue weighted by atomic mass is 16.1. The van der Waals surface area contributed by atoms with Gasteiger partial charge in [-0.3, -0.25) is 9.59 Å². The predicted octanol–water partition coefficient (Wildman–Crippen LogP) is 3.43. The zero-order chi connectivity index (χ0) is 20.9. The number of nitrogens with zero attached hydrogens (tertiary/aromatic N) is 3. The zero-order valence-electron chi connectivity index (χ0n) is 17.6. The fourth-order valence-corrected chi connectivity index (χ4v) is 3.82. The molecule has 3 aromatic rings. The molecule has 0 saturated heterocycles. The number of aryl methyl sites for hydroxylation is 3. The Balaban J connectivity index is 1.73. The minimum absolute atomic E-state index is 0.151. The quantitative estimate of drug-likeness (QED) is 0.694. The van der Waals surface area contributed by atoms with Crippen LogP contribution >= 0.6 is 0 Å². The van der Waals surface area contributed by atoms with Gasteiger partial charge in [0.2, 0.25) is 0 Å². The van der Waals surface area contributed by atoms with Crippen molar-refractivity contribution < 1.29 is 4.79 Å². The molecule has 0 aliphatic heterocycles. The number of H-pyrrole nitrogens is 1. The highest BCUT2D eigenvalue weighted by Crippen LogP contribution is 2.40. The number of aromatic amines is 1. The van der Waals surface area contributed by atoms with Crippen LogP contribution in [-0.2, 0) is 6.54 Å². The highest BCUT2D eigenvalue weighted by molar-refractivity contribution is 6.06. The van der Waals surface area contributed by atoms with Crippen LogP contribution in [0.25, 0.3) is 11.0 Å². The second kappa shape index (κ2) is 7.13. The molecule has 1 fully saturated rings. The number of hydrogen-bond donors (Lipinski definition) is 2. The van der Waals surface area contributed by atoms with Crippen molar-refractivity contribution >= 4 is 16.9 Å². The van der Waals surface area contributed by atoms with E-state index in [0.29, 0.717) is 17.0 Å². The molecule has 0 bridgehead atoms. The lowest BCUT2D eigenvalue weighted by molar-refractivity contribution is 0.0952. The molecule has 7 nitrogen and oxygen atoms in total. The van der Waals surface area contributed by atoms with Gasteiger partial charge in [-0.25, -0.2) is 9.67 Å². The van der Waals surface area contributed by atoms with E-state index in [4.69, 9.17) is 4.98 Å². The molecule has 0 atom stereocenters.